The fraction of sp³-hybridized carbons (Fsp3) is 0.661. The van der Waals surface area contributed by atoms with Crippen molar-refractivity contribution in [2.75, 3.05) is 13.2 Å². The van der Waals surface area contributed by atoms with Gasteiger partial charge in [0.2, 0.25) is 0 Å². The first-order valence-electron chi connectivity index (χ1n) is 25.3. The summed E-state index contributed by atoms with van der Waals surface area (Å²) in [5.74, 6) is -1.03. The van der Waals surface area contributed by atoms with Gasteiger partial charge in [-0.05, 0) is 96.3 Å². The summed E-state index contributed by atoms with van der Waals surface area (Å²) in [5.41, 5.74) is 0. The average Bonchev–Trinajstić information content (AvgIpc) is 3.27. The highest BCUT2D eigenvalue weighted by molar-refractivity contribution is 5.71. The largest absolute Gasteiger partial charge is 0.462 e. The number of carbonyl (C=O) groups excluding carboxylic acids is 3. The van der Waals surface area contributed by atoms with Crippen molar-refractivity contribution in [3.8, 4) is 0 Å². The van der Waals surface area contributed by atoms with Crippen LogP contribution < -0.4 is 0 Å². The maximum absolute atomic E-state index is 12.8. The third-order valence-electron chi connectivity index (χ3n) is 10.4. The van der Waals surface area contributed by atoms with Crippen LogP contribution in [0.15, 0.2) is 97.2 Å². The molecule has 1 unspecified atom stereocenters. The molecule has 0 bridgehead atoms. The Kier molecular flexibility index (Phi) is 47.0. The van der Waals surface area contributed by atoms with E-state index in [2.05, 4.69) is 81.5 Å². The van der Waals surface area contributed by atoms with E-state index in [1.165, 1.54) is 89.9 Å². The predicted molar refractivity (Wildman–Crippen MR) is 265 cm³/mol. The number of esters is 3. The second kappa shape index (κ2) is 50.0. The summed E-state index contributed by atoms with van der Waals surface area (Å²) in [6, 6.07) is 0. The summed E-state index contributed by atoms with van der Waals surface area (Å²) < 4.78 is 16.7. The van der Waals surface area contributed by atoms with Crippen LogP contribution in [0.4, 0.5) is 0 Å². The first-order valence-corrected chi connectivity index (χ1v) is 25.3. The fourth-order valence-corrected chi connectivity index (χ4v) is 6.58. The van der Waals surface area contributed by atoms with Gasteiger partial charge in [0.05, 0.1) is 0 Å². The van der Waals surface area contributed by atoms with Crippen LogP contribution in [0.5, 0.6) is 0 Å². The van der Waals surface area contributed by atoms with Gasteiger partial charge >= 0.3 is 17.9 Å². The standard InChI is InChI=1S/C56H92O6/c1-4-7-10-13-16-19-22-25-27-28-29-32-34-37-40-43-46-49-55(58)61-52-53(51-60-54(57)48-45-42-39-36-33-30-24-21-18-15-12-9-6-3)62-56(59)50-47-44-41-38-35-31-26-23-20-17-14-11-8-5-2/h9,12,15,18,21,24-25,27,29-33,35,37,40,53H,4-8,10-11,13-14,16-17,19-20,22-23,26,28,34,36,38-39,41-52H2,1-3H3/b12-9-,18-15-,24-21-,27-25-,32-29-,33-30-,35-31-,40-37-. The lowest BCUT2D eigenvalue weighted by atomic mass is 10.1. The van der Waals surface area contributed by atoms with Crippen LogP contribution in [-0.2, 0) is 28.6 Å². The van der Waals surface area contributed by atoms with Crippen molar-refractivity contribution in [1.29, 1.82) is 0 Å². The summed E-state index contributed by atoms with van der Waals surface area (Å²) in [7, 11) is 0. The maximum Gasteiger partial charge on any atom is 0.306 e. The van der Waals surface area contributed by atoms with Crippen LogP contribution in [0.2, 0.25) is 0 Å². The number of carbonyl (C=O) groups is 3. The molecule has 0 fully saturated rings. The molecule has 0 aromatic heterocycles. The third-order valence-corrected chi connectivity index (χ3v) is 10.4. The topological polar surface area (TPSA) is 78.9 Å². The smallest absolute Gasteiger partial charge is 0.306 e. The molecule has 0 aliphatic heterocycles. The molecule has 0 spiro atoms. The summed E-state index contributed by atoms with van der Waals surface area (Å²) in [6.07, 6.45) is 65.4. The Balaban J connectivity index is 4.54. The number of ether oxygens (including phenoxy) is 3. The van der Waals surface area contributed by atoms with Crippen molar-refractivity contribution in [1.82, 2.24) is 0 Å². The second-order valence-corrected chi connectivity index (χ2v) is 16.4. The van der Waals surface area contributed by atoms with Crippen molar-refractivity contribution in [2.45, 2.75) is 226 Å². The monoisotopic (exact) mass is 861 g/mol. The zero-order valence-electron chi connectivity index (χ0n) is 40.1. The van der Waals surface area contributed by atoms with Gasteiger partial charge in [-0.2, -0.15) is 0 Å². The minimum absolute atomic E-state index is 0.121. The van der Waals surface area contributed by atoms with E-state index in [4.69, 9.17) is 14.2 Å². The van der Waals surface area contributed by atoms with Crippen LogP contribution in [0, 0.1) is 0 Å². The molecule has 0 saturated heterocycles. The molecule has 352 valence electrons. The Bertz CT molecular complexity index is 1260. The highest BCUT2D eigenvalue weighted by Crippen LogP contribution is 2.12. The van der Waals surface area contributed by atoms with E-state index in [9.17, 15) is 14.4 Å². The van der Waals surface area contributed by atoms with E-state index in [1.54, 1.807) is 0 Å². The van der Waals surface area contributed by atoms with Crippen molar-refractivity contribution in [3.05, 3.63) is 97.2 Å². The first kappa shape index (κ1) is 58.3. The highest BCUT2D eigenvalue weighted by Gasteiger charge is 2.19. The van der Waals surface area contributed by atoms with Crippen molar-refractivity contribution in [2.24, 2.45) is 0 Å². The summed E-state index contributed by atoms with van der Waals surface area (Å²) in [4.78, 5) is 37.9. The fourth-order valence-electron chi connectivity index (χ4n) is 6.58. The molecule has 0 aliphatic rings. The van der Waals surface area contributed by atoms with Gasteiger partial charge in [0.15, 0.2) is 6.10 Å². The molecular formula is C56H92O6. The van der Waals surface area contributed by atoms with Gasteiger partial charge in [0, 0.05) is 19.3 Å². The Morgan fingerprint density at radius 3 is 1.21 bits per heavy atom. The lowest BCUT2D eigenvalue weighted by Crippen LogP contribution is -2.30. The number of rotatable bonds is 44. The van der Waals surface area contributed by atoms with E-state index < -0.39 is 6.10 Å². The van der Waals surface area contributed by atoms with E-state index in [-0.39, 0.29) is 44.0 Å². The molecular weight excluding hydrogens is 769 g/mol. The Hall–Kier alpha value is -3.67. The van der Waals surface area contributed by atoms with Crippen LogP contribution in [-0.4, -0.2) is 37.2 Å². The minimum Gasteiger partial charge on any atom is -0.462 e. The van der Waals surface area contributed by atoms with E-state index in [0.717, 1.165) is 83.5 Å². The quantitative estimate of drug-likeness (QED) is 0.0200. The minimum atomic E-state index is -0.822. The Labute approximate surface area is 381 Å². The number of hydrogen-bond donors (Lipinski definition) is 0. The van der Waals surface area contributed by atoms with E-state index >= 15 is 0 Å². The third kappa shape index (κ3) is 47.4. The van der Waals surface area contributed by atoms with Crippen LogP contribution in [0.3, 0.4) is 0 Å². The van der Waals surface area contributed by atoms with Gasteiger partial charge < -0.3 is 14.2 Å². The van der Waals surface area contributed by atoms with E-state index in [0.29, 0.717) is 12.8 Å². The molecule has 6 heteroatoms. The van der Waals surface area contributed by atoms with Crippen LogP contribution in [0.1, 0.15) is 220 Å². The van der Waals surface area contributed by atoms with Gasteiger partial charge in [-0.15, -0.1) is 0 Å². The van der Waals surface area contributed by atoms with Crippen molar-refractivity contribution >= 4 is 17.9 Å². The molecule has 0 saturated carbocycles. The molecule has 1 atom stereocenters. The number of allylic oxidation sites excluding steroid dienone is 16. The van der Waals surface area contributed by atoms with Gasteiger partial charge in [0.25, 0.3) is 0 Å². The highest BCUT2D eigenvalue weighted by atomic mass is 16.6. The summed E-state index contributed by atoms with van der Waals surface area (Å²) >= 11 is 0. The molecule has 0 aromatic rings. The van der Waals surface area contributed by atoms with E-state index in [1.807, 2.05) is 36.5 Å². The van der Waals surface area contributed by atoms with Gasteiger partial charge in [0.1, 0.15) is 13.2 Å². The number of hydrogen-bond acceptors (Lipinski definition) is 6. The Morgan fingerprint density at radius 1 is 0.355 bits per heavy atom. The number of unbranched alkanes of at least 4 members (excludes halogenated alkanes) is 20. The SMILES string of the molecule is CC\C=C/C=C\C=C/C=C\CCCCCC(=O)OCC(COC(=O)CCC/C=C\C/C=C\C/C=C\CCCCCCCC)OC(=O)CCCCC/C=C\CCCCCCCCC. The predicted octanol–water partition coefficient (Wildman–Crippen LogP) is 16.6. The molecule has 62 heavy (non-hydrogen) atoms. The van der Waals surface area contributed by atoms with Crippen LogP contribution >= 0.6 is 0 Å². The molecule has 6 nitrogen and oxygen atoms in total. The maximum atomic E-state index is 12.8. The zero-order valence-corrected chi connectivity index (χ0v) is 40.1. The van der Waals surface area contributed by atoms with Gasteiger partial charge in [-0.25, -0.2) is 0 Å². The molecule has 0 rings (SSSR count). The second-order valence-electron chi connectivity index (χ2n) is 16.4. The molecule has 0 aliphatic carbocycles. The molecule has 0 radical (unpaired) electrons. The molecule has 0 aromatic carbocycles. The van der Waals surface area contributed by atoms with Crippen molar-refractivity contribution < 1.29 is 28.6 Å². The van der Waals surface area contributed by atoms with Gasteiger partial charge in [-0.3, -0.25) is 14.4 Å². The van der Waals surface area contributed by atoms with Crippen LogP contribution in [0.25, 0.3) is 0 Å². The first-order chi connectivity index (χ1) is 30.5. The lowest BCUT2D eigenvalue weighted by Gasteiger charge is -2.18. The summed E-state index contributed by atoms with van der Waals surface area (Å²) in [5, 5.41) is 0. The molecule has 0 heterocycles. The van der Waals surface area contributed by atoms with Crippen molar-refractivity contribution in [3.63, 3.8) is 0 Å². The molecule has 0 N–H and O–H groups in total. The Morgan fingerprint density at radius 2 is 0.710 bits per heavy atom. The normalized spacial score (nSPS) is 12.9. The molecule has 0 amide bonds. The zero-order chi connectivity index (χ0) is 45.1. The average molecular weight is 861 g/mol. The summed E-state index contributed by atoms with van der Waals surface area (Å²) in [6.45, 7) is 6.38. The lowest BCUT2D eigenvalue weighted by molar-refractivity contribution is -0.167. The van der Waals surface area contributed by atoms with Gasteiger partial charge in [-0.1, -0.05) is 201 Å².